The van der Waals surface area contributed by atoms with Crippen LogP contribution >= 0.6 is 0 Å². The Kier molecular flexibility index (Phi) is 6.80. The first kappa shape index (κ1) is 23.5. The number of aromatic nitrogens is 1. The highest BCUT2D eigenvalue weighted by Crippen LogP contribution is 2.41. The molecule has 3 fully saturated rings. The molecule has 2 aliphatic heterocycles. The lowest BCUT2D eigenvalue weighted by atomic mass is 9.79. The van der Waals surface area contributed by atoms with Crippen LogP contribution in [0.2, 0.25) is 0 Å². The van der Waals surface area contributed by atoms with Crippen LogP contribution in [0.4, 0.5) is 0 Å². The van der Waals surface area contributed by atoms with E-state index < -0.39 is 54.6 Å². The van der Waals surface area contributed by atoms with E-state index in [1.165, 1.54) is 0 Å². The van der Waals surface area contributed by atoms with E-state index in [0.29, 0.717) is 5.69 Å². The Labute approximate surface area is 186 Å². The van der Waals surface area contributed by atoms with Crippen molar-refractivity contribution in [3.8, 4) is 0 Å². The molecule has 2 saturated heterocycles. The van der Waals surface area contributed by atoms with Crippen LogP contribution in [0.5, 0.6) is 0 Å². The van der Waals surface area contributed by atoms with E-state index in [2.05, 4.69) is 20.9 Å². The average Bonchev–Trinajstić information content (AvgIpc) is 2.75. The third kappa shape index (κ3) is 4.15. The Morgan fingerprint density at radius 3 is 2.56 bits per heavy atom. The number of aliphatic hydroxyl groups is 3. The van der Waals surface area contributed by atoms with E-state index in [1.54, 1.807) is 45.4 Å². The Balaban J connectivity index is 1.56. The van der Waals surface area contributed by atoms with Crippen LogP contribution in [0.25, 0.3) is 0 Å². The summed E-state index contributed by atoms with van der Waals surface area (Å²) in [6.45, 7) is 1.81. The van der Waals surface area contributed by atoms with Crippen molar-refractivity contribution >= 4 is 5.91 Å². The number of rotatable bonds is 5. The fraction of sp³-hybridized carbons (Fsp3) is 0.714. The average molecular weight is 453 g/mol. The minimum atomic E-state index is -2.01. The summed E-state index contributed by atoms with van der Waals surface area (Å²) in [4.78, 5) is 16.9. The van der Waals surface area contributed by atoms with Crippen molar-refractivity contribution in [2.24, 2.45) is 0 Å². The van der Waals surface area contributed by atoms with Gasteiger partial charge in [-0.3, -0.25) is 9.78 Å². The van der Waals surface area contributed by atoms with Crippen LogP contribution < -0.4 is 16.0 Å². The fourth-order valence-electron chi connectivity index (χ4n) is 4.93. The molecule has 1 aromatic heterocycles. The molecule has 0 radical (unpaired) electrons. The minimum absolute atomic E-state index is 0.0423. The SMILES string of the molecule is CN[C@@H]1[C@H](O)[C@H](NC)[C@H]2O[C@]3(O)[C@H](O[C@@H]2[C@H]1O)O[C@H](C)C[C@H]3NC(=O)Cc1ccccn1. The molecule has 1 saturated carbocycles. The number of pyridine rings is 1. The summed E-state index contributed by atoms with van der Waals surface area (Å²) < 4.78 is 17.9. The number of nitrogens with zero attached hydrogens (tertiary/aromatic N) is 1. The van der Waals surface area contributed by atoms with E-state index in [1.807, 2.05) is 0 Å². The number of hydrogen-bond acceptors (Lipinski definition) is 10. The predicted octanol–water partition coefficient (Wildman–Crippen LogP) is -2.37. The number of fused-ring (bicyclic) bond motifs is 2. The minimum Gasteiger partial charge on any atom is -0.390 e. The van der Waals surface area contributed by atoms with Crippen molar-refractivity contribution in [2.75, 3.05) is 14.1 Å². The zero-order valence-electron chi connectivity index (χ0n) is 18.3. The van der Waals surface area contributed by atoms with E-state index in [4.69, 9.17) is 14.2 Å². The topological polar surface area (TPSA) is 154 Å². The fourth-order valence-corrected chi connectivity index (χ4v) is 4.93. The van der Waals surface area contributed by atoms with Crippen molar-refractivity contribution < 1.29 is 34.3 Å². The highest BCUT2D eigenvalue weighted by molar-refractivity contribution is 5.78. The Bertz CT molecular complexity index is 802. The largest absolute Gasteiger partial charge is 0.390 e. The molecule has 0 spiro atoms. The molecule has 6 N–H and O–H groups in total. The molecule has 178 valence electrons. The molecule has 11 heteroatoms. The van der Waals surface area contributed by atoms with Crippen molar-refractivity contribution in [2.45, 2.75) is 80.5 Å². The number of likely N-dealkylation sites (N-methyl/N-ethyl adjacent to an activating group) is 2. The van der Waals surface area contributed by atoms with Gasteiger partial charge in [-0.25, -0.2) is 0 Å². The van der Waals surface area contributed by atoms with Crippen LogP contribution in [-0.2, 0) is 25.4 Å². The monoisotopic (exact) mass is 452 g/mol. The third-order valence-electron chi connectivity index (χ3n) is 6.55. The van der Waals surface area contributed by atoms with Gasteiger partial charge in [0.05, 0.1) is 36.8 Å². The number of ether oxygens (including phenoxy) is 3. The summed E-state index contributed by atoms with van der Waals surface area (Å²) in [5.74, 6) is -2.33. The first-order valence-corrected chi connectivity index (χ1v) is 10.9. The van der Waals surface area contributed by atoms with Crippen LogP contribution in [0.15, 0.2) is 24.4 Å². The molecule has 4 rings (SSSR count). The molecule has 1 amide bonds. The van der Waals surface area contributed by atoms with Gasteiger partial charge in [0.25, 0.3) is 0 Å². The van der Waals surface area contributed by atoms with E-state index in [-0.39, 0.29) is 24.9 Å². The van der Waals surface area contributed by atoms with E-state index >= 15 is 0 Å². The number of aliphatic hydroxyl groups excluding tert-OH is 2. The van der Waals surface area contributed by atoms with Crippen LogP contribution in [0.1, 0.15) is 19.0 Å². The van der Waals surface area contributed by atoms with Gasteiger partial charge in [-0.05, 0) is 39.6 Å². The summed E-state index contributed by atoms with van der Waals surface area (Å²) >= 11 is 0. The van der Waals surface area contributed by atoms with Gasteiger partial charge >= 0.3 is 0 Å². The third-order valence-corrected chi connectivity index (χ3v) is 6.55. The van der Waals surface area contributed by atoms with Crippen LogP contribution in [-0.4, -0.2) is 101 Å². The van der Waals surface area contributed by atoms with Gasteiger partial charge in [-0.1, -0.05) is 6.07 Å². The molecule has 1 aromatic rings. The molecule has 32 heavy (non-hydrogen) atoms. The zero-order valence-corrected chi connectivity index (χ0v) is 18.3. The molecule has 0 unspecified atom stereocenters. The van der Waals surface area contributed by atoms with Gasteiger partial charge < -0.3 is 45.5 Å². The number of hydrogen-bond donors (Lipinski definition) is 6. The normalized spacial score (nSPS) is 43.8. The zero-order chi connectivity index (χ0) is 23.0. The second-order valence-corrected chi connectivity index (χ2v) is 8.68. The molecule has 3 aliphatic rings. The van der Waals surface area contributed by atoms with Gasteiger partial charge in [0.1, 0.15) is 18.3 Å². The van der Waals surface area contributed by atoms with Crippen molar-refractivity contribution in [1.29, 1.82) is 0 Å². The predicted molar refractivity (Wildman–Crippen MR) is 111 cm³/mol. The first-order valence-electron chi connectivity index (χ1n) is 10.9. The summed E-state index contributed by atoms with van der Waals surface area (Å²) in [7, 11) is 3.29. The van der Waals surface area contributed by atoms with Gasteiger partial charge in [0, 0.05) is 11.9 Å². The van der Waals surface area contributed by atoms with Gasteiger partial charge in [-0.15, -0.1) is 0 Å². The summed E-state index contributed by atoms with van der Waals surface area (Å²) in [6.07, 6.45) is -3.50. The lowest BCUT2D eigenvalue weighted by Gasteiger charge is -2.58. The second-order valence-electron chi connectivity index (χ2n) is 8.68. The molecule has 10 atom stereocenters. The molecule has 1 aliphatic carbocycles. The van der Waals surface area contributed by atoms with E-state index in [9.17, 15) is 20.1 Å². The van der Waals surface area contributed by atoms with Crippen LogP contribution in [0, 0.1) is 0 Å². The maximum Gasteiger partial charge on any atom is 0.239 e. The van der Waals surface area contributed by atoms with Crippen molar-refractivity contribution in [3.05, 3.63) is 30.1 Å². The first-order chi connectivity index (χ1) is 15.3. The van der Waals surface area contributed by atoms with Crippen LogP contribution in [0.3, 0.4) is 0 Å². The molecular weight excluding hydrogens is 420 g/mol. The van der Waals surface area contributed by atoms with Gasteiger partial charge in [-0.2, -0.15) is 0 Å². The lowest BCUT2D eigenvalue weighted by Crippen LogP contribution is -2.79. The van der Waals surface area contributed by atoms with Gasteiger partial charge in [0.15, 0.2) is 0 Å². The second kappa shape index (κ2) is 9.27. The molecule has 0 aromatic carbocycles. The summed E-state index contributed by atoms with van der Waals surface area (Å²) in [6, 6.07) is 3.16. The maximum atomic E-state index is 12.7. The van der Waals surface area contributed by atoms with Crippen molar-refractivity contribution in [1.82, 2.24) is 20.9 Å². The maximum absolute atomic E-state index is 12.7. The number of carbonyl (C=O) groups is 1. The standard InChI is InChI=1S/C21H32N4O7/c1-10-8-12(25-13(26)9-11-6-4-5-7-24-11)21(29)20(30-10)31-19-17(28)14(22-2)16(27)15(23-3)18(19)32-21/h4-7,10,12,14-20,22-23,27-29H,8-9H2,1-3H3,(H,25,26)/t10-,12-,14-,15+,16+,17+,18-,19-,20+,21+/m1/s1. The summed E-state index contributed by atoms with van der Waals surface area (Å²) in [5.41, 5.74) is 0.599. The Hall–Kier alpha value is -1.70. The molecule has 0 bridgehead atoms. The lowest BCUT2D eigenvalue weighted by molar-refractivity contribution is -0.449. The van der Waals surface area contributed by atoms with Gasteiger partial charge in [0.2, 0.25) is 18.0 Å². The molecule has 3 heterocycles. The Morgan fingerprint density at radius 2 is 1.91 bits per heavy atom. The quantitative estimate of drug-likeness (QED) is 0.286. The number of amides is 1. The number of nitrogens with one attached hydrogen (secondary N) is 3. The number of carbonyl (C=O) groups excluding carboxylic acids is 1. The van der Waals surface area contributed by atoms with E-state index in [0.717, 1.165) is 0 Å². The molecular formula is C21H32N4O7. The summed E-state index contributed by atoms with van der Waals surface area (Å²) in [5, 5.41) is 41.8. The molecule has 11 nitrogen and oxygen atoms in total. The smallest absolute Gasteiger partial charge is 0.239 e. The highest BCUT2D eigenvalue weighted by atomic mass is 16.8. The Morgan fingerprint density at radius 1 is 1.16 bits per heavy atom. The highest BCUT2D eigenvalue weighted by Gasteiger charge is 2.63. The van der Waals surface area contributed by atoms with Crippen molar-refractivity contribution in [3.63, 3.8) is 0 Å².